The number of aliphatic carboxylic acids is 1. The molecule has 1 atom stereocenters. The van der Waals surface area contributed by atoms with E-state index in [0.29, 0.717) is 10.4 Å². The molecule has 0 aliphatic rings. The highest BCUT2D eigenvalue weighted by Gasteiger charge is 2.24. The molecule has 104 valence electrons. The molecule has 5 heteroatoms. The van der Waals surface area contributed by atoms with Gasteiger partial charge in [0.1, 0.15) is 0 Å². The Morgan fingerprint density at radius 2 is 1.80 bits per heavy atom. The molecule has 1 unspecified atom stereocenters. The van der Waals surface area contributed by atoms with Gasteiger partial charge in [-0.1, -0.05) is 24.3 Å². The van der Waals surface area contributed by atoms with Crippen LogP contribution in [0.15, 0.2) is 35.7 Å². The second kappa shape index (κ2) is 5.88. The van der Waals surface area contributed by atoms with Crippen LogP contribution in [0.5, 0.6) is 0 Å². The number of rotatable bonds is 4. The number of aryl methyl sites for hydroxylation is 2. The topological polar surface area (TPSA) is 66.4 Å². The molecule has 0 fully saturated rings. The molecular weight excluding hydrogens is 274 g/mol. The molecule has 1 amide bonds. The van der Waals surface area contributed by atoms with E-state index < -0.39 is 12.0 Å². The van der Waals surface area contributed by atoms with Crippen molar-refractivity contribution in [2.75, 3.05) is 0 Å². The second-order valence-corrected chi connectivity index (χ2v) is 5.51. The van der Waals surface area contributed by atoms with Crippen LogP contribution < -0.4 is 5.32 Å². The molecule has 2 aromatic rings. The van der Waals surface area contributed by atoms with Gasteiger partial charge in [0.25, 0.3) is 5.91 Å². The number of nitrogens with one attached hydrogen (secondary N) is 1. The Morgan fingerprint density at radius 3 is 2.30 bits per heavy atom. The number of carboxylic acid groups (broad SMARTS) is 1. The molecule has 2 N–H and O–H groups in total. The highest BCUT2D eigenvalue weighted by atomic mass is 32.1. The fraction of sp³-hybridized carbons (Fsp3) is 0.200. The summed E-state index contributed by atoms with van der Waals surface area (Å²) in [5.41, 5.74) is 2.20. The van der Waals surface area contributed by atoms with Crippen LogP contribution in [0.25, 0.3) is 0 Å². The van der Waals surface area contributed by atoms with Crippen LogP contribution in [0.3, 0.4) is 0 Å². The number of carbonyl (C=O) groups excluding carboxylic acids is 1. The SMILES string of the molecule is Cc1cccc(C)c1C(=O)NC(C(=O)O)c1cccs1. The van der Waals surface area contributed by atoms with Gasteiger partial charge in [0.2, 0.25) is 0 Å². The van der Waals surface area contributed by atoms with Gasteiger partial charge in [-0.3, -0.25) is 4.79 Å². The molecule has 0 aliphatic carbocycles. The van der Waals surface area contributed by atoms with Gasteiger partial charge in [-0.15, -0.1) is 11.3 Å². The van der Waals surface area contributed by atoms with E-state index in [-0.39, 0.29) is 5.91 Å². The summed E-state index contributed by atoms with van der Waals surface area (Å²) in [6.45, 7) is 3.67. The van der Waals surface area contributed by atoms with E-state index in [1.165, 1.54) is 11.3 Å². The van der Waals surface area contributed by atoms with Crippen LogP contribution >= 0.6 is 11.3 Å². The van der Waals surface area contributed by atoms with Crippen LogP contribution in [0.2, 0.25) is 0 Å². The van der Waals surface area contributed by atoms with Crippen molar-refractivity contribution in [3.8, 4) is 0 Å². The van der Waals surface area contributed by atoms with Crippen LogP contribution in [0.1, 0.15) is 32.4 Å². The van der Waals surface area contributed by atoms with E-state index in [1.807, 2.05) is 32.0 Å². The average molecular weight is 289 g/mol. The predicted molar refractivity (Wildman–Crippen MR) is 78.1 cm³/mol. The Labute approximate surface area is 121 Å². The van der Waals surface area contributed by atoms with Crippen molar-refractivity contribution >= 4 is 23.2 Å². The highest BCUT2D eigenvalue weighted by molar-refractivity contribution is 7.10. The van der Waals surface area contributed by atoms with Crippen molar-refractivity contribution in [2.45, 2.75) is 19.9 Å². The Morgan fingerprint density at radius 1 is 1.15 bits per heavy atom. The Balaban J connectivity index is 2.28. The maximum absolute atomic E-state index is 12.3. The Bertz CT molecular complexity index is 614. The average Bonchev–Trinajstić information content (AvgIpc) is 2.88. The first-order valence-electron chi connectivity index (χ1n) is 6.14. The molecule has 1 aromatic carbocycles. The number of hydrogen-bond acceptors (Lipinski definition) is 3. The third kappa shape index (κ3) is 2.88. The summed E-state index contributed by atoms with van der Waals surface area (Å²) in [7, 11) is 0. The highest BCUT2D eigenvalue weighted by Crippen LogP contribution is 2.21. The number of amides is 1. The number of hydrogen-bond donors (Lipinski definition) is 2. The van der Waals surface area contributed by atoms with Gasteiger partial charge in [-0.2, -0.15) is 0 Å². The number of thiophene rings is 1. The molecule has 0 bridgehead atoms. The van der Waals surface area contributed by atoms with Gasteiger partial charge in [-0.25, -0.2) is 4.79 Å². The lowest BCUT2D eigenvalue weighted by atomic mass is 10.0. The van der Waals surface area contributed by atoms with Gasteiger partial charge in [-0.05, 0) is 36.4 Å². The van der Waals surface area contributed by atoms with Crippen molar-refractivity contribution in [1.29, 1.82) is 0 Å². The first-order chi connectivity index (χ1) is 9.50. The number of carbonyl (C=O) groups is 2. The molecule has 0 saturated heterocycles. The summed E-state index contributed by atoms with van der Waals surface area (Å²) in [5, 5.41) is 13.6. The van der Waals surface area contributed by atoms with Gasteiger partial charge < -0.3 is 10.4 Å². The second-order valence-electron chi connectivity index (χ2n) is 4.53. The summed E-state index contributed by atoms with van der Waals surface area (Å²) in [6.07, 6.45) is 0. The van der Waals surface area contributed by atoms with Crippen LogP contribution in [-0.4, -0.2) is 17.0 Å². The lowest BCUT2D eigenvalue weighted by molar-refractivity contribution is -0.139. The normalized spacial score (nSPS) is 11.9. The molecule has 0 aliphatic heterocycles. The maximum atomic E-state index is 12.3. The minimum atomic E-state index is -1.06. The summed E-state index contributed by atoms with van der Waals surface area (Å²) in [5.74, 6) is -1.42. The minimum absolute atomic E-state index is 0.360. The summed E-state index contributed by atoms with van der Waals surface area (Å²) >= 11 is 1.31. The molecule has 0 radical (unpaired) electrons. The molecule has 4 nitrogen and oxygen atoms in total. The Kier molecular flexibility index (Phi) is 4.20. The zero-order chi connectivity index (χ0) is 14.7. The lowest BCUT2D eigenvalue weighted by Gasteiger charge is -2.15. The van der Waals surface area contributed by atoms with Crippen LogP contribution in [-0.2, 0) is 4.79 Å². The van der Waals surface area contributed by atoms with E-state index in [4.69, 9.17) is 0 Å². The standard InChI is InChI=1S/C15H15NO3S/c1-9-5-3-6-10(2)12(9)14(17)16-13(15(18)19)11-7-4-8-20-11/h3-8,13H,1-2H3,(H,16,17)(H,18,19). The lowest BCUT2D eigenvalue weighted by Crippen LogP contribution is -2.34. The fourth-order valence-electron chi connectivity index (χ4n) is 2.09. The molecule has 1 heterocycles. The van der Waals surface area contributed by atoms with E-state index in [2.05, 4.69) is 5.32 Å². The van der Waals surface area contributed by atoms with E-state index in [0.717, 1.165) is 11.1 Å². The molecule has 1 aromatic heterocycles. The molecular formula is C15H15NO3S. The van der Waals surface area contributed by atoms with Crippen LogP contribution in [0, 0.1) is 13.8 Å². The predicted octanol–water partition coefficient (Wildman–Crippen LogP) is 2.92. The van der Waals surface area contributed by atoms with E-state index >= 15 is 0 Å². The number of benzene rings is 1. The van der Waals surface area contributed by atoms with Crippen molar-refractivity contribution in [2.24, 2.45) is 0 Å². The van der Waals surface area contributed by atoms with Gasteiger partial charge in [0, 0.05) is 10.4 Å². The maximum Gasteiger partial charge on any atom is 0.331 e. The quantitative estimate of drug-likeness (QED) is 0.909. The van der Waals surface area contributed by atoms with Gasteiger partial charge in [0.15, 0.2) is 6.04 Å². The first kappa shape index (κ1) is 14.3. The smallest absolute Gasteiger partial charge is 0.331 e. The van der Waals surface area contributed by atoms with E-state index in [1.54, 1.807) is 17.5 Å². The van der Waals surface area contributed by atoms with Crippen molar-refractivity contribution < 1.29 is 14.7 Å². The first-order valence-corrected chi connectivity index (χ1v) is 7.02. The largest absolute Gasteiger partial charge is 0.479 e. The van der Waals surface area contributed by atoms with E-state index in [9.17, 15) is 14.7 Å². The van der Waals surface area contributed by atoms with Crippen LogP contribution in [0.4, 0.5) is 0 Å². The molecule has 2 rings (SSSR count). The number of carboxylic acids is 1. The van der Waals surface area contributed by atoms with Crippen molar-refractivity contribution in [3.63, 3.8) is 0 Å². The summed E-state index contributed by atoms with van der Waals surface area (Å²) < 4.78 is 0. The van der Waals surface area contributed by atoms with Gasteiger partial charge in [0.05, 0.1) is 0 Å². The summed E-state index contributed by atoms with van der Waals surface area (Å²) in [6, 6.07) is 8.00. The minimum Gasteiger partial charge on any atom is -0.479 e. The van der Waals surface area contributed by atoms with Crippen molar-refractivity contribution in [1.82, 2.24) is 5.32 Å². The third-order valence-corrected chi connectivity index (χ3v) is 4.00. The fourth-order valence-corrected chi connectivity index (χ4v) is 2.85. The monoisotopic (exact) mass is 289 g/mol. The zero-order valence-corrected chi connectivity index (χ0v) is 12.0. The molecule has 0 spiro atoms. The molecule has 20 heavy (non-hydrogen) atoms. The van der Waals surface area contributed by atoms with Crippen molar-refractivity contribution in [3.05, 3.63) is 57.3 Å². The zero-order valence-electron chi connectivity index (χ0n) is 11.2. The third-order valence-electron chi connectivity index (χ3n) is 3.06. The molecule has 0 saturated carbocycles. The van der Waals surface area contributed by atoms with Gasteiger partial charge >= 0.3 is 5.97 Å². The summed E-state index contributed by atoms with van der Waals surface area (Å²) in [4.78, 5) is 24.3. The Hall–Kier alpha value is -2.14.